The number of nitrogens with one attached hydrogen (secondary N) is 2. The number of hydrogen-bond donors (Lipinski definition) is 2. The predicted octanol–water partition coefficient (Wildman–Crippen LogP) is 4.60. The molecule has 0 spiro atoms. The summed E-state index contributed by atoms with van der Waals surface area (Å²) in [6.45, 7) is 3.32. The van der Waals surface area contributed by atoms with Crippen LogP contribution in [0, 0.1) is 5.82 Å². The first-order chi connectivity index (χ1) is 14.1. The van der Waals surface area contributed by atoms with Crippen molar-refractivity contribution in [1.82, 2.24) is 15.1 Å². The minimum Gasteiger partial charge on any atom is -0.348 e. The topological polar surface area (TPSA) is 64.7 Å². The molecule has 160 valence electrons. The van der Waals surface area contributed by atoms with E-state index < -0.39 is 42.0 Å². The van der Waals surface area contributed by atoms with E-state index >= 15 is 0 Å². The number of hydrogen-bond acceptors (Lipinski definition) is 3. The molecule has 0 saturated carbocycles. The number of rotatable bonds is 5. The molecule has 30 heavy (non-hydrogen) atoms. The molecule has 1 saturated heterocycles. The van der Waals surface area contributed by atoms with Crippen molar-refractivity contribution in [3.05, 3.63) is 65.5 Å². The normalized spacial score (nSPS) is 17.4. The average molecular weight is 424 g/mol. The molecule has 1 fully saturated rings. The van der Waals surface area contributed by atoms with Gasteiger partial charge in [-0.2, -0.15) is 13.2 Å². The maximum atomic E-state index is 13.2. The van der Waals surface area contributed by atoms with Crippen LogP contribution in [0.15, 0.2) is 48.5 Å². The molecular formula is C20H20F4N4O2. The SMILES string of the molecule is CC(C)N1C(=O)NC(Nc2cccc(C(F)(F)F)c2)N(Cc2ccc(F)cc2)C1=O. The Bertz CT molecular complexity index is 931. The van der Waals surface area contributed by atoms with Gasteiger partial charge in [-0.25, -0.2) is 18.9 Å². The van der Waals surface area contributed by atoms with Crippen molar-refractivity contribution < 1.29 is 27.2 Å². The van der Waals surface area contributed by atoms with E-state index in [0.717, 1.165) is 17.0 Å². The molecule has 0 radical (unpaired) electrons. The molecule has 4 amide bonds. The lowest BCUT2D eigenvalue weighted by Crippen LogP contribution is -2.68. The minimum absolute atomic E-state index is 0.000752. The lowest BCUT2D eigenvalue weighted by Gasteiger charge is -2.42. The van der Waals surface area contributed by atoms with Crippen molar-refractivity contribution in [2.45, 2.75) is 38.9 Å². The van der Waals surface area contributed by atoms with Crippen molar-refractivity contribution in [2.75, 3.05) is 5.32 Å². The third kappa shape index (κ3) is 4.64. The van der Waals surface area contributed by atoms with Gasteiger partial charge in [-0.3, -0.25) is 10.2 Å². The number of amides is 4. The molecule has 2 aromatic carbocycles. The molecule has 10 heteroatoms. The molecule has 3 rings (SSSR count). The highest BCUT2D eigenvalue weighted by Crippen LogP contribution is 2.31. The zero-order valence-corrected chi connectivity index (χ0v) is 16.2. The number of alkyl halides is 3. The summed E-state index contributed by atoms with van der Waals surface area (Å²) in [4.78, 5) is 27.7. The maximum absolute atomic E-state index is 13.2. The van der Waals surface area contributed by atoms with Crippen molar-refractivity contribution in [3.63, 3.8) is 0 Å². The molecule has 1 aliphatic heterocycles. The lowest BCUT2D eigenvalue weighted by molar-refractivity contribution is -0.137. The molecule has 0 bridgehead atoms. The highest BCUT2D eigenvalue weighted by molar-refractivity contribution is 5.96. The Morgan fingerprint density at radius 3 is 2.37 bits per heavy atom. The Morgan fingerprint density at radius 2 is 1.77 bits per heavy atom. The monoisotopic (exact) mass is 424 g/mol. The van der Waals surface area contributed by atoms with E-state index in [0.29, 0.717) is 5.56 Å². The Morgan fingerprint density at radius 1 is 1.10 bits per heavy atom. The van der Waals surface area contributed by atoms with E-state index in [1.165, 1.54) is 41.3 Å². The van der Waals surface area contributed by atoms with Gasteiger partial charge in [-0.1, -0.05) is 18.2 Å². The zero-order valence-electron chi connectivity index (χ0n) is 16.2. The molecule has 1 atom stereocenters. The minimum atomic E-state index is -4.54. The van der Waals surface area contributed by atoms with Gasteiger partial charge in [0.25, 0.3) is 0 Å². The first-order valence-electron chi connectivity index (χ1n) is 9.15. The largest absolute Gasteiger partial charge is 0.416 e. The number of carbonyl (C=O) groups is 2. The van der Waals surface area contributed by atoms with E-state index in [-0.39, 0.29) is 12.2 Å². The van der Waals surface area contributed by atoms with E-state index in [9.17, 15) is 27.2 Å². The van der Waals surface area contributed by atoms with E-state index in [1.807, 2.05) is 0 Å². The van der Waals surface area contributed by atoms with Gasteiger partial charge in [0.2, 0.25) is 0 Å². The number of anilines is 1. The summed E-state index contributed by atoms with van der Waals surface area (Å²) < 4.78 is 52.2. The van der Waals surface area contributed by atoms with Gasteiger partial charge < -0.3 is 5.32 Å². The van der Waals surface area contributed by atoms with Crippen LogP contribution in [0.25, 0.3) is 0 Å². The number of halogens is 4. The maximum Gasteiger partial charge on any atom is 0.416 e. The second kappa shape index (κ2) is 8.21. The van der Waals surface area contributed by atoms with Gasteiger partial charge >= 0.3 is 18.2 Å². The summed E-state index contributed by atoms with van der Waals surface area (Å²) in [6, 6.07) is 8.14. The Hall–Kier alpha value is -3.30. The van der Waals surface area contributed by atoms with Crippen LogP contribution in [0.1, 0.15) is 25.0 Å². The van der Waals surface area contributed by atoms with Gasteiger partial charge in [0.1, 0.15) is 5.82 Å². The second-order valence-electron chi connectivity index (χ2n) is 7.08. The number of urea groups is 2. The fourth-order valence-electron chi connectivity index (χ4n) is 3.06. The Balaban J connectivity index is 1.90. The van der Waals surface area contributed by atoms with E-state index in [1.54, 1.807) is 13.8 Å². The lowest BCUT2D eigenvalue weighted by atomic mass is 10.2. The Kier molecular flexibility index (Phi) is 5.86. The number of imide groups is 1. The summed E-state index contributed by atoms with van der Waals surface area (Å²) in [6.07, 6.45) is -5.64. The second-order valence-corrected chi connectivity index (χ2v) is 7.08. The number of carbonyl (C=O) groups excluding carboxylic acids is 2. The van der Waals surface area contributed by atoms with Crippen molar-refractivity contribution in [2.24, 2.45) is 0 Å². The van der Waals surface area contributed by atoms with Crippen LogP contribution >= 0.6 is 0 Å². The number of benzene rings is 2. The molecule has 6 nitrogen and oxygen atoms in total. The average Bonchev–Trinajstić information content (AvgIpc) is 2.65. The highest BCUT2D eigenvalue weighted by atomic mass is 19.4. The molecular weight excluding hydrogens is 404 g/mol. The molecule has 0 aromatic heterocycles. The zero-order chi connectivity index (χ0) is 22.1. The predicted molar refractivity (Wildman–Crippen MR) is 102 cm³/mol. The molecule has 1 aliphatic rings. The third-order valence-corrected chi connectivity index (χ3v) is 4.52. The van der Waals surface area contributed by atoms with Gasteiger partial charge in [0, 0.05) is 11.7 Å². The summed E-state index contributed by atoms with van der Waals surface area (Å²) in [7, 11) is 0. The van der Waals surface area contributed by atoms with E-state index in [4.69, 9.17) is 0 Å². The van der Waals surface area contributed by atoms with Crippen LogP contribution < -0.4 is 10.6 Å². The molecule has 2 N–H and O–H groups in total. The molecule has 1 unspecified atom stereocenters. The third-order valence-electron chi connectivity index (χ3n) is 4.52. The standard InChI is InChI=1S/C20H20F4N4O2/c1-12(2)28-18(29)26-17(25-16-5-3-4-14(10-16)20(22,23)24)27(19(28)30)11-13-6-8-15(21)9-7-13/h3-10,12,17,25H,11H2,1-2H3,(H,26,29). The van der Waals surface area contributed by atoms with Gasteiger partial charge in [0.05, 0.1) is 12.1 Å². The van der Waals surface area contributed by atoms with Crippen molar-refractivity contribution in [3.8, 4) is 0 Å². The number of nitrogens with zero attached hydrogens (tertiary/aromatic N) is 2. The quantitative estimate of drug-likeness (QED) is 0.690. The van der Waals surface area contributed by atoms with Crippen molar-refractivity contribution >= 4 is 17.7 Å². The summed E-state index contributed by atoms with van der Waals surface area (Å²) in [5.41, 5.74) is -0.208. The smallest absolute Gasteiger partial charge is 0.348 e. The first-order valence-corrected chi connectivity index (χ1v) is 9.15. The van der Waals surface area contributed by atoms with Crippen LogP contribution in [0.3, 0.4) is 0 Å². The van der Waals surface area contributed by atoms with Crippen molar-refractivity contribution in [1.29, 1.82) is 0 Å². The van der Waals surface area contributed by atoms with E-state index in [2.05, 4.69) is 10.6 Å². The first kappa shape index (κ1) is 21.4. The van der Waals surface area contributed by atoms with Gasteiger partial charge in [-0.15, -0.1) is 0 Å². The fraction of sp³-hybridized carbons (Fsp3) is 0.300. The molecule has 0 aliphatic carbocycles. The van der Waals surface area contributed by atoms with Crippen LogP contribution in [-0.4, -0.2) is 34.2 Å². The Labute approximate surface area is 170 Å². The van der Waals surface area contributed by atoms with Crippen LogP contribution in [0.5, 0.6) is 0 Å². The fourth-order valence-corrected chi connectivity index (χ4v) is 3.06. The summed E-state index contributed by atoms with van der Waals surface area (Å²) in [5, 5.41) is 5.36. The van der Waals surface area contributed by atoms with Crippen LogP contribution in [-0.2, 0) is 12.7 Å². The highest BCUT2D eigenvalue weighted by Gasteiger charge is 2.40. The van der Waals surface area contributed by atoms with Gasteiger partial charge in [-0.05, 0) is 49.7 Å². The van der Waals surface area contributed by atoms with Crippen LogP contribution in [0.4, 0.5) is 32.8 Å². The summed E-state index contributed by atoms with van der Waals surface area (Å²) >= 11 is 0. The van der Waals surface area contributed by atoms with Crippen LogP contribution in [0.2, 0.25) is 0 Å². The molecule has 2 aromatic rings. The van der Waals surface area contributed by atoms with Gasteiger partial charge in [0.15, 0.2) is 6.29 Å². The molecule has 1 heterocycles. The summed E-state index contributed by atoms with van der Waals surface area (Å²) in [5.74, 6) is -0.445.